The van der Waals surface area contributed by atoms with Crippen LogP contribution in [0.1, 0.15) is 51.8 Å². The van der Waals surface area contributed by atoms with E-state index < -0.39 is 29.7 Å². The Morgan fingerprint density at radius 3 is 2.00 bits per heavy atom. The van der Waals surface area contributed by atoms with Crippen molar-refractivity contribution in [3.05, 3.63) is 94.5 Å². The topological polar surface area (TPSA) is 141 Å². The van der Waals surface area contributed by atoms with Crippen molar-refractivity contribution in [2.24, 2.45) is 0 Å². The number of carbonyl (C=O) groups excluding carboxylic acids is 3. The summed E-state index contributed by atoms with van der Waals surface area (Å²) in [5.41, 5.74) is 0.451. The van der Waals surface area contributed by atoms with Crippen molar-refractivity contribution in [3.8, 4) is 0 Å². The first-order chi connectivity index (χ1) is 15.3. The fourth-order valence-electron chi connectivity index (χ4n) is 3.33. The highest BCUT2D eigenvalue weighted by atomic mass is 16.4. The Bertz CT molecular complexity index is 1330. The molecule has 4 rings (SSSR count). The van der Waals surface area contributed by atoms with Gasteiger partial charge in [0, 0.05) is 11.3 Å². The van der Waals surface area contributed by atoms with Crippen LogP contribution in [0.4, 0.5) is 11.4 Å². The number of rotatable bonds is 5. The summed E-state index contributed by atoms with van der Waals surface area (Å²) < 4.78 is 0. The summed E-state index contributed by atoms with van der Waals surface area (Å²) in [6.07, 6.45) is 0. The third-order valence-corrected chi connectivity index (χ3v) is 4.87. The van der Waals surface area contributed by atoms with Gasteiger partial charge in [-0.05, 0) is 54.6 Å². The van der Waals surface area contributed by atoms with Gasteiger partial charge in [0.1, 0.15) is 0 Å². The highest BCUT2D eigenvalue weighted by molar-refractivity contribution is 6.35. The fraction of sp³-hybridized carbons (Fsp3) is 0. The van der Waals surface area contributed by atoms with Crippen molar-refractivity contribution >= 4 is 41.0 Å². The zero-order valence-corrected chi connectivity index (χ0v) is 16.2. The van der Waals surface area contributed by atoms with Crippen molar-refractivity contribution in [2.75, 3.05) is 10.2 Å². The van der Waals surface area contributed by atoms with E-state index in [1.165, 1.54) is 66.7 Å². The Morgan fingerprint density at radius 1 is 0.688 bits per heavy atom. The Morgan fingerprint density at radius 2 is 1.31 bits per heavy atom. The molecule has 158 valence electrons. The summed E-state index contributed by atoms with van der Waals surface area (Å²) in [6.45, 7) is 0. The SMILES string of the molecule is O=C(O)c1cccc(NC(=O)c2ccc3c(c2)C(=O)N(c2cccc(C(=O)O)c2)C3=O)c1. The number of hydrogen-bond donors (Lipinski definition) is 3. The second kappa shape index (κ2) is 7.80. The summed E-state index contributed by atoms with van der Waals surface area (Å²) in [7, 11) is 0. The Hall–Kier alpha value is -4.79. The Labute approximate surface area is 180 Å². The van der Waals surface area contributed by atoms with Gasteiger partial charge in [-0.25, -0.2) is 14.5 Å². The van der Waals surface area contributed by atoms with Crippen LogP contribution in [0.2, 0.25) is 0 Å². The highest BCUT2D eigenvalue weighted by Gasteiger charge is 2.37. The molecule has 0 unspecified atom stereocenters. The van der Waals surface area contributed by atoms with Gasteiger partial charge < -0.3 is 15.5 Å². The number of nitrogens with zero attached hydrogens (tertiary/aromatic N) is 1. The van der Waals surface area contributed by atoms with Gasteiger partial charge in [-0.3, -0.25) is 14.4 Å². The van der Waals surface area contributed by atoms with Crippen LogP contribution in [0.15, 0.2) is 66.7 Å². The molecule has 0 bridgehead atoms. The molecular formula is C23H14N2O7. The number of aromatic carboxylic acids is 2. The first-order valence-electron chi connectivity index (χ1n) is 9.27. The number of amides is 3. The highest BCUT2D eigenvalue weighted by Crippen LogP contribution is 2.30. The second-order valence-corrected chi connectivity index (χ2v) is 6.90. The molecule has 3 aromatic carbocycles. The van der Waals surface area contributed by atoms with E-state index >= 15 is 0 Å². The average molecular weight is 430 g/mol. The number of carboxylic acid groups (broad SMARTS) is 2. The number of benzene rings is 3. The lowest BCUT2D eigenvalue weighted by atomic mass is 10.1. The van der Waals surface area contributed by atoms with Crippen molar-refractivity contribution in [1.29, 1.82) is 0 Å². The standard InChI is InChI=1S/C23H14N2O7/c26-19(24-15-5-1-3-13(9-15)22(29)30)12-7-8-17-18(11-12)21(28)25(20(17)27)16-6-2-4-14(10-16)23(31)32/h1-11H,(H,24,26)(H,29,30)(H,31,32). The van der Waals surface area contributed by atoms with Crippen LogP contribution in [0.25, 0.3) is 0 Å². The first kappa shape index (κ1) is 20.5. The number of anilines is 2. The molecule has 0 aliphatic carbocycles. The molecule has 32 heavy (non-hydrogen) atoms. The van der Waals surface area contributed by atoms with Gasteiger partial charge in [-0.2, -0.15) is 0 Å². The summed E-state index contributed by atoms with van der Waals surface area (Å²) >= 11 is 0. The molecule has 9 heteroatoms. The number of nitrogens with one attached hydrogen (secondary N) is 1. The van der Waals surface area contributed by atoms with Gasteiger partial charge in [0.05, 0.1) is 27.9 Å². The summed E-state index contributed by atoms with van der Waals surface area (Å²) in [4.78, 5) is 61.4. The summed E-state index contributed by atoms with van der Waals surface area (Å²) in [6, 6.07) is 15.1. The third kappa shape index (κ3) is 3.58. The van der Waals surface area contributed by atoms with E-state index in [4.69, 9.17) is 10.2 Å². The van der Waals surface area contributed by atoms with Crippen LogP contribution in [0.3, 0.4) is 0 Å². The number of imide groups is 1. The van der Waals surface area contributed by atoms with E-state index in [-0.39, 0.29) is 39.2 Å². The molecule has 1 heterocycles. The number of carboxylic acids is 2. The number of hydrogen-bond acceptors (Lipinski definition) is 5. The summed E-state index contributed by atoms with van der Waals surface area (Å²) in [5.74, 6) is -4.25. The minimum Gasteiger partial charge on any atom is -0.478 e. The Balaban J connectivity index is 1.62. The van der Waals surface area contributed by atoms with E-state index in [0.717, 1.165) is 4.90 Å². The smallest absolute Gasteiger partial charge is 0.335 e. The largest absolute Gasteiger partial charge is 0.478 e. The van der Waals surface area contributed by atoms with E-state index in [1.807, 2.05) is 0 Å². The van der Waals surface area contributed by atoms with Crippen LogP contribution in [0, 0.1) is 0 Å². The fourth-order valence-corrected chi connectivity index (χ4v) is 3.33. The third-order valence-electron chi connectivity index (χ3n) is 4.87. The van der Waals surface area contributed by atoms with Gasteiger partial charge >= 0.3 is 11.9 Å². The van der Waals surface area contributed by atoms with Crippen LogP contribution in [-0.4, -0.2) is 39.9 Å². The lowest BCUT2D eigenvalue weighted by Gasteiger charge is -2.14. The van der Waals surface area contributed by atoms with Crippen molar-refractivity contribution in [3.63, 3.8) is 0 Å². The maximum absolute atomic E-state index is 12.9. The van der Waals surface area contributed by atoms with Crippen LogP contribution < -0.4 is 10.2 Å². The lowest BCUT2D eigenvalue weighted by molar-refractivity contribution is 0.0686. The van der Waals surface area contributed by atoms with Gasteiger partial charge in [0.2, 0.25) is 0 Å². The second-order valence-electron chi connectivity index (χ2n) is 6.90. The lowest BCUT2D eigenvalue weighted by Crippen LogP contribution is -2.29. The minimum atomic E-state index is -1.20. The van der Waals surface area contributed by atoms with Gasteiger partial charge in [-0.15, -0.1) is 0 Å². The van der Waals surface area contributed by atoms with E-state index in [1.54, 1.807) is 0 Å². The molecule has 0 saturated heterocycles. The van der Waals surface area contributed by atoms with Gasteiger partial charge in [0.15, 0.2) is 0 Å². The molecule has 9 nitrogen and oxygen atoms in total. The van der Waals surface area contributed by atoms with Gasteiger partial charge in [-0.1, -0.05) is 12.1 Å². The van der Waals surface area contributed by atoms with Crippen molar-refractivity contribution in [2.45, 2.75) is 0 Å². The average Bonchev–Trinajstić information content (AvgIpc) is 3.03. The van der Waals surface area contributed by atoms with E-state index in [9.17, 15) is 24.0 Å². The minimum absolute atomic E-state index is 0.00247. The molecule has 1 aliphatic heterocycles. The molecule has 0 aromatic heterocycles. The van der Waals surface area contributed by atoms with E-state index in [2.05, 4.69) is 5.32 Å². The van der Waals surface area contributed by atoms with Crippen molar-refractivity contribution in [1.82, 2.24) is 0 Å². The zero-order valence-electron chi connectivity index (χ0n) is 16.2. The molecule has 0 fully saturated rings. The predicted octanol–water partition coefficient (Wildman–Crippen LogP) is 3.14. The quantitative estimate of drug-likeness (QED) is 0.528. The molecule has 1 aliphatic rings. The van der Waals surface area contributed by atoms with Gasteiger partial charge in [0.25, 0.3) is 17.7 Å². The number of fused-ring (bicyclic) bond motifs is 1. The number of carbonyl (C=O) groups is 5. The molecule has 0 spiro atoms. The Kier molecular flexibility index (Phi) is 4.99. The molecule has 0 saturated carbocycles. The maximum Gasteiger partial charge on any atom is 0.335 e. The maximum atomic E-state index is 12.9. The molecule has 0 radical (unpaired) electrons. The zero-order chi connectivity index (χ0) is 23.0. The monoisotopic (exact) mass is 430 g/mol. The first-order valence-corrected chi connectivity index (χ1v) is 9.27. The molecule has 3 N–H and O–H groups in total. The molecule has 3 aromatic rings. The van der Waals surface area contributed by atoms with E-state index in [0.29, 0.717) is 0 Å². The van der Waals surface area contributed by atoms with Crippen LogP contribution in [-0.2, 0) is 0 Å². The normalized spacial score (nSPS) is 12.4. The van der Waals surface area contributed by atoms with Crippen molar-refractivity contribution < 1.29 is 34.2 Å². The van der Waals surface area contributed by atoms with Crippen LogP contribution in [0.5, 0.6) is 0 Å². The molecule has 0 atom stereocenters. The predicted molar refractivity (Wildman–Crippen MR) is 112 cm³/mol. The summed E-state index contributed by atoms with van der Waals surface area (Å²) in [5, 5.41) is 20.8. The molecular weight excluding hydrogens is 416 g/mol. The van der Waals surface area contributed by atoms with Crippen LogP contribution >= 0.6 is 0 Å². The molecule has 3 amide bonds.